The van der Waals surface area contributed by atoms with Crippen molar-refractivity contribution in [2.45, 2.75) is 13.8 Å². The van der Waals surface area contributed by atoms with Crippen LogP contribution in [-0.4, -0.2) is 4.98 Å². The second-order valence-electron chi connectivity index (χ2n) is 1.93. The Labute approximate surface area is 76.2 Å². The van der Waals surface area contributed by atoms with Gasteiger partial charge in [0.2, 0.25) is 0 Å². The van der Waals surface area contributed by atoms with Gasteiger partial charge in [-0.1, -0.05) is 25.4 Å². The summed E-state index contributed by atoms with van der Waals surface area (Å²) in [5.41, 5.74) is 0.778. The third kappa shape index (κ3) is 1.59. The average Bonchev–Trinajstić information content (AvgIpc) is 2.57. The van der Waals surface area contributed by atoms with E-state index in [1.54, 1.807) is 24.6 Å². The third-order valence-electron chi connectivity index (χ3n) is 1.33. The summed E-state index contributed by atoms with van der Waals surface area (Å²) < 4.78 is 5.07. The van der Waals surface area contributed by atoms with E-state index in [-0.39, 0.29) is 0 Å². The fraction of sp³-hybridized carbons (Fsp3) is 0.222. The van der Waals surface area contributed by atoms with E-state index in [1.165, 1.54) is 0 Å². The predicted octanol–water partition coefficient (Wildman–Crippen LogP) is 3.51. The lowest BCUT2D eigenvalue weighted by Gasteiger charge is -1.87. The van der Waals surface area contributed by atoms with Crippen LogP contribution in [0.5, 0.6) is 0 Å². The molecular formula is C9H10ClNO. The summed E-state index contributed by atoms with van der Waals surface area (Å²) in [6, 6.07) is 3.58. The number of nitrogens with zero attached hydrogens (tertiary/aromatic N) is 1. The molecule has 0 radical (unpaired) electrons. The van der Waals surface area contributed by atoms with Crippen LogP contribution in [0, 0.1) is 0 Å². The zero-order valence-electron chi connectivity index (χ0n) is 7.04. The van der Waals surface area contributed by atoms with Crippen LogP contribution in [0.1, 0.15) is 13.8 Å². The third-order valence-corrected chi connectivity index (χ3v) is 1.63. The predicted molar refractivity (Wildman–Crippen MR) is 50.4 cm³/mol. The molecule has 0 aliphatic heterocycles. The molecule has 0 spiro atoms. The van der Waals surface area contributed by atoms with Crippen LogP contribution in [0.3, 0.4) is 0 Å². The van der Waals surface area contributed by atoms with Gasteiger partial charge in [-0.2, -0.15) is 0 Å². The first-order valence-corrected chi connectivity index (χ1v) is 4.23. The van der Waals surface area contributed by atoms with E-state index in [0.29, 0.717) is 5.15 Å². The lowest BCUT2D eigenvalue weighted by Crippen LogP contribution is -1.71. The van der Waals surface area contributed by atoms with Gasteiger partial charge in [0.05, 0.1) is 11.6 Å². The zero-order valence-corrected chi connectivity index (χ0v) is 7.80. The summed E-state index contributed by atoms with van der Waals surface area (Å²) in [5, 5.41) is 1.36. The molecule has 0 bridgehead atoms. The van der Waals surface area contributed by atoms with Crippen LogP contribution in [0.15, 0.2) is 29.0 Å². The van der Waals surface area contributed by atoms with Crippen LogP contribution < -0.4 is 0 Å². The Balaban J connectivity index is 0.000000336. The minimum atomic E-state index is 0.492. The van der Waals surface area contributed by atoms with Gasteiger partial charge in [-0.3, -0.25) is 0 Å². The molecule has 2 aromatic heterocycles. The minimum absolute atomic E-state index is 0.492. The normalized spacial score (nSPS) is 9.25. The number of hydrogen-bond donors (Lipinski definition) is 0. The molecular weight excluding hydrogens is 174 g/mol. The molecule has 0 atom stereocenters. The SMILES string of the molecule is CC.Clc1nccc2occc12. The summed E-state index contributed by atoms with van der Waals surface area (Å²) in [7, 11) is 0. The molecule has 2 rings (SSSR count). The lowest BCUT2D eigenvalue weighted by molar-refractivity contribution is 0.615. The Hall–Kier alpha value is -1.02. The van der Waals surface area contributed by atoms with Gasteiger partial charge in [-0.05, 0) is 12.1 Å². The molecule has 0 saturated heterocycles. The molecule has 0 N–H and O–H groups in total. The van der Waals surface area contributed by atoms with Crippen molar-refractivity contribution in [2.24, 2.45) is 0 Å². The molecule has 0 fully saturated rings. The summed E-state index contributed by atoms with van der Waals surface area (Å²) in [6.45, 7) is 4.00. The smallest absolute Gasteiger partial charge is 0.140 e. The Morgan fingerprint density at radius 3 is 2.75 bits per heavy atom. The van der Waals surface area contributed by atoms with Crippen molar-refractivity contribution in [3.63, 3.8) is 0 Å². The Bertz CT molecular complexity index is 356. The molecule has 0 saturated carbocycles. The topological polar surface area (TPSA) is 26.0 Å². The van der Waals surface area contributed by atoms with E-state index >= 15 is 0 Å². The van der Waals surface area contributed by atoms with Crippen molar-refractivity contribution in [1.82, 2.24) is 4.98 Å². The van der Waals surface area contributed by atoms with E-state index in [2.05, 4.69) is 4.98 Å². The van der Waals surface area contributed by atoms with Gasteiger partial charge in [0.15, 0.2) is 0 Å². The molecule has 12 heavy (non-hydrogen) atoms. The van der Waals surface area contributed by atoms with E-state index in [0.717, 1.165) is 11.0 Å². The number of furan rings is 1. The highest BCUT2D eigenvalue weighted by atomic mass is 35.5. The lowest BCUT2D eigenvalue weighted by atomic mass is 10.3. The zero-order chi connectivity index (χ0) is 8.97. The number of hydrogen-bond acceptors (Lipinski definition) is 2. The monoisotopic (exact) mass is 183 g/mol. The van der Waals surface area contributed by atoms with Crippen LogP contribution in [-0.2, 0) is 0 Å². The number of aromatic nitrogens is 1. The van der Waals surface area contributed by atoms with Crippen molar-refractivity contribution >= 4 is 22.6 Å². The number of fused-ring (bicyclic) bond motifs is 1. The van der Waals surface area contributed by atoms with Gasteiger partial charge in [0.25, 0.3) is 0 Å². The molecule has 0 aliphatic rings. The van der Waals surface area contributed by atoms with Gasteiger partial charge < -0.3 is 4.42 Å². The maximum Gasteiger partial charge on any atom is 0.140 e. The highest BCUT2D eigenvalue weighted by Crippen LogP contribution is 2.20. The number of halogens is 1. The molecule has 64 valence electrons. The largest absolute Gasteiger partial charge is 0.464 e. The van der Waals surface area contributed by atoms with Crippen molar-refractivity contribution < 1.29 is 4.42 Å². The van der Waals surface area contributed by atoms with E-state index in [4.69, 9.17) is 16.0 Å². The first-order valence-electron chi connectivity index (χ1n) is 3.85. The maximum absolute atomic E-state index is 5.73. The first-order chi connectivity index (χ1) is 5.88. The standard InChI is InChI=1S/C7H4ClNO.C2H6/c8-7-5-2-4-10-6(5)1-3-9-7;1-2/h1-4H;1-2H3. The molecule has 3 heteroatoms. The van der Waals surface area contributed by atoms with Crippen molar-refractivity contribution in [3.05, 3.63) is 29.7 Å². The van der Waals surface area contributed by atoms with Crippen LogP contribution in [0.4, 0.5) is 0 Å². The van der Waals surface area contributed by atoms with Crippen molar-refractivity contribution in [2.75, 3.05) is 0 Å². The van der Waals surface area contributed by atoms with Crippen LogP contribution in [0.2, 0.25) is 5.15 Å². The molecule has 0 amide bonds. The van der Waals surface area contributed by atoms with Crippen molar-refractivity contribution in [1.29, 1.82) is 0 Å². The van der Waals surface area contributed by atoms with Gasteiger partial charge in [0.1, 0.15) is 10.7 Å². The van der Waals surface area contributed by atoms with Gasteiger partial charge in [0, 0.05) is 6.20 Å². The van der Waals surface area contributed by atoms with Crippen LogP contribution >= 0.6 is 11.6 Å². The van der Waals surface area contributed by atoms with Crippen LogP contribution in [0.25, 0.3) is 11.0 Å². The summed E-state index contributed by atoms with van der Waals surface area (Å²) >= 11 is 5.73. The number of pyridine rings is 1. The van der Waals surface area contributed by atoms with E-state index < -0.39 is 0 Å². The Kier molecular flexibility index (Phi) is 3.11. The van der Waals surface area contributed by atoms with Gasteiger partial charge in [-0.25, -0.2) is 4.98 Å². The highest BCUT2D eigenvalue weighted by molar-refractivity contribution is 6.33. The Morgan fingerprint density at radius 1 is 1.33 bits per heavy atom. The fourth-order valence-electron chi connectivity index (χ4n) is 0.860. The van der Waals surface area contributed by atoms with E-state index in [1.807, 2.05) is 13.8 Å². The molecule has 2 nitrogen and oxygen atoms in total. The first kappa shape index (κ1) is 9.07. The molecule has 2 aromatic rings. The summed E-state index contributed by atoms with van der Waals surface area (Å²) in [6.07, 6.45) is 3.21. The number of rotatable bonds is 0. The highest BCUT2D eigenvalue weighted by Gasteiger charge is 1.99. The molecule has 0 aromatic carbocycles. The van der Waals surface area contributed by atoms with Gasteiger partial charge >= 0.3 is 0 Å². The molecule has 2 heterocycles. The second-order valence-corrected chi connectivity index (χ2v) is 2.29. The summed E-state index contributed by atoms with van der Waals surface area (Å²) in [5.74, 6) is 0. The quantitative estimate of drug-likeness (QED) is 0.585. The fourth-order valence-corrected chi connectivity index (χ4v) is 1.07. The van der Waals surface area contributed by atoms with Crippen molar-refractivity contribution in [3.8, 4) is 0 Å². The average molecular weight is 184 g/mol. The Morgan fingerprint density at radius 2 is 2.08 bits per heavy atom. The maximum atomic E-state index is 5.73. The molecule has 0 aliphatic carbocycles. The minimum Gasteiger partial charge on any atom is -0.464 e. The van der Waals surface area contributed by atoms with E-state index in [9.17, 15) is 0 Å². The van der Waals surface area contributed by atoms with Gasteiger partial charge in [-0.15, -0.1) is 0 Å². The second kappa shape index (κ2) is 4.12. The summed E-state index contributed by atoms with van der Waals surface area (Å²) in [4.78, 5) is 3.88. The molecule has 0 unspecified atom stereocenters.